The van der Waals surface area contributed by atoms with E-state index in [1.165, 1.54) is 29.6 Å². The maximum atomic E-state index is 2.36. The first-order chi connectivity index (χ1) is 6.43. The van der Waals surface area contributed by atoms with Crippen LogP contribution in [0.5, 0.6) is 0 Å². The van der Waals surface area contributed by atoms with E-state index in [9.17, 15) is 0 Å². The van der Waals surface area contributed by atoms with E-state index in [2.05, 4.69) is 52.8 Å². The molecule has 0 amide bonds. The molecule has 0 heteroatoms. The molecule has 0 N–H and O–H groups in total. The van der Waals surface area contributed by atoms with Gasteiger partial charge in [0.25, 0.3) is 0 Å². The van der Waals surface area contributed by atoms with Gasteiger partial charge in [-0.2, -0.15) is 0 Å². The molecule has 0 heterocycles. The Balaban J connectivity index is 3.03. The van der Waals surface area contributed by atoms with E-state index in [0.29, 0.717) is 5.41 Å². The lowest BCUT2D eigenvalue weighted by Gasteiger charge is -2.32. The van der Waals surface area contributed by atoms with Gasteiger partial charge in [-0.3, -0.25) is 0 Å². The highest BCUT2D eigenvalue weighted by Crippen LogP contribution is 2.40. The molecular formula is C14H22. The van der Waals surface area contributed by atoms with Crippen LogP contribution in [-0.4, -0.2) is 0 Å². The summed E-state index contributed by atoms with van der Waals surface area (Å²) < 4.78 is 0. The average molecular weight is 190 g/mol. The van der Waals surface area contributed by atoms with Crippen LogP contribution in [0.15, 0.2) is 34.9 Å². The van der Waals surface area contributed by atoms with Crippen LogP contribution in [0.1, 0.15) is 47.5 Å². The molecule has 0 saturated carbocycles. The van der Waals surface area contributed by atoms with E-state index in [0.717, 1.165) is 0 Å². The summed E-state index contributed by atoms with van der Waals surface area (Å²) in [6.45, 7) is 11.2. The monoisotopic (exact) mass is 190 g/mol. The van der Waals surface area contributed by atoms with E-state index >= 15 is 0 Å². The van der Waals surface area contributed by atoms with Crippen LogP contribution in [-0.2, 0) is 0 Å². The molecule has 0 aromatic rings. The minimum Gasteiger partial charge on any atom is -0.0813 e. The number of hydrogen-bond acceptors (Lipinski definition) is 0. The molecule has 1 aliphatic rings. The molecule has 78 valence electrons. The molecule has 0 nitrogen and oxygen atoms in total. The van der Waals surface area contributed by atoms with Gasteiger partial charge in [0, 0.05) is 0 Å². The summed E-state index contributed by atoms with van der Waals surface area (Å²) in [4.78, 5) is 0. The van der Waals surface area contributed by atoms with Gasteiger partial charge in [0.2, 0.25) is 0 Å². The lowest BCUT2D eigenvalue weighted by atomic mass is 9.73. The highest BCUT2D eigenvalue weighted by molar-refractivity contribution is 5.39. The third-order valence-corrected chi connectivity index (χ3v) is 2.96. The van der Waals surface area contributed by atoms with Crippen molar-refractivity contribution in [2.24, 2.45) is 5.41 Å². The van der Waals surface area contributed by atoms with Crippen molar-refractivity contribution in [2.45, 2.75) is 47.5 Å². The maximum absolute atomic E-state index is 2.36. The lowest BCUT2D eigenvalue weighted by Crippen LogP contribution is -2.18. The fourth-order valence-electron chi connectivity index (χ4n) is 2.03. The Labute approximate surface area is 88.4 Å². The average Bonchev–Trinajstić information content (AvgIpc) is 2.01. The van der Waals surface area contributed by atoms with E-state index in [1.807, 2.05) is 0 Å². The Morgan fingerprint density at radius 3 is 2.50 bits per heavy atom. The van der Waals surface area contributed by atoms with Crippen molar-refractivity contribution >= 4 is 0 Å². The highest BCUT2D eigenvalue weighted by atomic mass is 14.3. The third-order valence-electron chi connectivity index (χ3n) is 2.96. The van der Waals surface area contributed by atoms with Gasteiger partial charge in [-0.1, -0.05) is 43.2 Å². The fraction of sp³-hybridized carbons (Fsp3) is 0.571. The molecule has 1 rings (SSSR count). The van der Waals surface area contributed by atoms with Gasteiger partial charge < -0.3 is 0 Å². The first-order valence-electron chi connectivity index (χ1n) is 5.46. The van der Waals surface area contributed by atoms with E-state index in [1.54, 1.807) is 0 Å². The topological polar surface area (TPSA) is 0 Å². The molecule has 0 atom stereocenters. The van der Waals surface area contributed by atoms with Gasteiger partial charge in [-0.15, -0.1) is 0 Å². The third kappa shape index (κ3) is 2.60. The molecule has 0 unspecified atom stereocenters. The smallest absolute Gasteiger partial charge is 0.00981 e. The van der Waals surface area contributed by atoms with Crippen molar-refractivity contribution in [3.05, 3.63) is 34.9 Å². The molecule has 0 spiro atoms. The predicted molar refractivity (Wildman–Crippen MR) is 64.3 cm³/mol. The number of allylic oxidation sites excluding steroid dienone is 6. The van der Waals surface area contributed by atoms with Crippen LogP contribution in [0.3, 0.4) is 0 Å². The summed E-state index contributed by atoms with van der Waals surface area (Å²) in [5, 5.41) is 0. The molecule has 0 radical (unpaired) electrons. The summed E-state index contributed by atoms with van der Waals surface area (Å²) in [7, 11) is 0. The van der Waals surface area contributed by atoms with E-state index in [-0.39, 0.29) is 0 Å². The van der Waals surface area contributed by atoms with Gasteiger partial charge in [0.05, 0.1) is 0 Å². The Kier molecular flexibility index (Phi) is 3.36. The zero-order chi connectivity index (χ0) is 10.8. The van der Waals surface area contributed by atoms with E-state index in [4.69, 9.17) is 0 Å². The SMILES string of the molecule is CC(C)=C/C=C1/C(C)=CCCC1(C)C. The summed E-state index contributed by atoms with van der Waals surface area (Å²) in [5.41, 5.74) is 4.68. The second kappa shape index (κ2) is 4.16. The van der Waals surface area contributed by atoms with Gasteiger partial charge in [-0.25, -0.2) is 0 Å². The summed E-state index contributed by atoms with van der Waals surface area (Å²) in [6.07, 6.45) is 9.37. The molecule has 0 aliphatic heterocycles. The van der Waals surface area contributed by atoms with Crippen molar-refractivity contribution in [1.29, 1.82) is 0 Å². The lowest BCUT2D eigenvalue weighted by molar-refractivity contribution is 0.404. The van der Waals surface area contributed by atoms with Crippen molar-refractivity contribution < 1.29 is 0 Å². The quantitative estimate of drug-likeness (QED) is 0.565. The Hall–Kier alpha value is -0.780. The van der Waals surface area contributed by atoms with Crippen LogP contribution < -0.4 is 0 Å². The molecule has 0 aromatic carbocycles. The Bertz CT molecular complexity index is 294. The number of hydrogen-bond donors (Lipinski definition) is 0. The molecule has 0 saturated heterocycles. The molecule has 1 aliphatic carbocycles. The maximum Gasteiger partial charge on any atom is -0.00981 e. The highest BCUT2D eigenvalue weighted by Gasteiger charge is 2.25. The van der Waals surface area contributed by atoms with Crippen LogP contribution in [0.25, 0.3) is 0 Å². The van der Waals surface area contributed by atoms with Crippen molar-refractivity contribution in [1.82, 2.24) is 0 Å². The number of rotatable bonds is 1. The Morgan fingerprint density at radius 2 is 2.00 bits per heavy atom. The van der Waals surface area contributed by atoms with Crippen LogP contribution in [0.4, 0.5) is 0 Å². The summed E-state index contributed by atoms with van der Waals surface area (Å²) in [5.74, 6) is 0. The molecule has 0 fully saturated rings. The summed E-state index contributed by atoms with van der Waals surface area (Å²) in [6, 6.07) is 0. The standard InChI is InChI=1S/C14H22/c1-11(2)8-9-13-12(3)7-6-10-14(13,4)5/h7-9H,6,10H2,1-5H3/b13-9-. The Morgan fingerprint density at radius 1 is 1.36 bits per heavy atom. The molecule has 14 heavy (non-hydrogen) atoms. The van der Waals surface area contributed by atoms with Crippen molar-refractivity contribution in [2.75, 3.05) is 0 Å². The minimum atomic E-state index is 0.352. The molecule has 0 aromatic heterocycles. The second-order valence-electron chi connectivity index (χ2n) is 5.13. The van der Waals surface area contributed by atoms with Crippen LogP contribution in [0.2, 0.25) is 0 Å². The normalized spacial score (nSPS) is 23.2. The van der Waals surface area contributed by atoms with Gasteiger partial charge in [0.1, 0.15) is 0 Å². The largest absolute Gasteiger partial charge is 0.0813 e. The first-order valence-corrected chi connectivity index (χ1v) is 5.46. The zero-order valence-corrected chi connectivity index (χ0v) is 10.1. The van der Waals surface area contributed by atoms with Gasteiger partial charge >= 0.3 is 0 Å². The minimum absolute atomic E-state index is 0.352. The van der Waals surface area contributed by atoms with Gasteiger partial charge in [-0.05, 0) is 44.6 Å². The molecule has 0 bridgehead atoms. The fourth-order valence-corrected chi connectivity index (χ4v) is 2.03. The van der Waals surface area contributed by atoms with Crippen molar-refractivity contribution in [3.63, 3.8) is 0 Å². The second-order valence-corrected chi connectivity index (χ2v) is 5.13. The van der Waals surface area contributed by atoms with Crippen LogP contribution in [0, 0.1) is 5.41 Å². The zero-order valence-electron chi connectivity index (χ0n) is 10.1. The summed E-state index contributed by atoms with van der Waals surface area (Å²) >= 11 is 0. The molecular weight excluding hydrogens is 168 g/mol. The van der Waals surface area contributed by atoms with Crippen molar-refractivity contribution in [3.8, 4) is 0 Å². The first kappa shape index (κ1) is 11.3. The van der Waals surface area contributed by atoms with Crippen LogP contribution >= 0.6 is 0 Å². The predicted octanol–water partition coefficient (Wildman–Crippen LogP) is 4.65. The van der Waals surface area contributed by atoms with E-state index < -0.39 is 0 Å². The van der Waals surface area contributed by atoms with Gasteiger partial charge in [0.15, 0.2) is 0 Å².